The SMILES string of the molecule is O=C1CCCCC1CN(c1ccccc1)c1ccccc1. The van der Waals surface area contributed by atoms with Crippen LogP contribution in [0.5, 0.6) is 0 Å². The molecule has 1 aliphatic rings. The molecule has 0 radical (unpaired) electrons. The third-order valence-corrected chi connectivity index (χ3v) is 4.22. The Balaban J connectivity index is 1.88. The third kappa shape index (κ3) is 3.33. The van der Waals surface area contributed by atoms with Crippen molar-refractivity contribution in [1.29, 1.82) is 0 Å². The van der Waals surface area contributed by atoms with E-state index in [0.717, 1.165) is 37.2 Å². The van der Waals surface area contributed by atoms with Gasteiger partial charge in [0.05, 0.1) is 0 Å². The second kappa shape index (κ2) is 6.57. The van der Waals surface area contributed by atoms with E-state index in [1.165, 1.54) is 6.42 Å². The lowest BCUT2D eigenvalue weighted by molar-refractivity contribution is -0.124. The Morgan fingerprint density at radius 2 is 1.43 bits per heavy atom. The second-order valence-electron chi connectivity index (χ2n) is 5.69. The van der Waals surface area contributed by atoms with E-state index in [-0.39, 0.29) is 5.92 Å². The summed E-state index contributed by atoms with van der Waals surface area (Å²) in [5.41, 5.74) is 2.31. The molecule has 1 atom stereocenters. The zero-order chi connectivity index (χ0) is 14.5. The Labute approximate surface area is 126 Å². The van der Waals surface area contributed by atoms with E-state index in [1.54, 1.807) is 0 Å². The molecule has 1 unspecified atom stereocenters. The monoisotopic (exact) mass is 279 g/mol. The summed E-state index contributed by atoms with van der Waals surface area (Å²) >= 11 is 0. The summed E-state index contributed by atoms with van der Waals surface area (Å²) in [7, 11) is 0. The number of Topliss-reactive ketones (excluding diaryl/α,β-unsaturated/α-hetero) is 1. The van der Waals surface area contributed by atoms with Gasteiger partial charge in [-0.2, -0.15) is 0 Å². The number of rotatable bonds is 4. The van der Waals surface area contributed by atoms with Crippen LogP contribution < -0.4 is 4.90 Å². The van der Waals surface area contributed by atoms with E-state index >= 15 is 0 Å². The van der Waals surface area contributed by atoms with Gasteiger partial charge in [-0.1, -0.05) is 42.8 Å². The summed E-state index contributed by atoms with van der Waals surface area (Å²) in [5.74, 6) is 0.595. The Kier molecular flexibility index (Phi) is 4.34. The van der Waals surface area contributed by atoms with Crippen molar-refractivity contribution in [3.05, 3.63) is 60.7 Å². The van der Waals surface area contributed by atoms with Crippen molar-refractivity contribution in [3.8, 4) is 0 Å². The molecule has 21 heavy (non-hydrogen) atoms. The van der Waals surface area contributed by atoms with Gasteiger partial charge in [0.1, 0.15) is 5.78 Å². The zero-order valence-corrected chi connectivity index (χ0v) is 12.2. The van der Waals surface area contributed by atoms with E-state index in [9.17, 15) is 4.79 Å². The molecule has 2 heteroatoms. The number of para-hydroxylation sites is 2. The summed E-state index contributed by atoms with van der Waals surface area (Å²) in [6, 6.07) is 20.7. The maximum atomic E-state index is 12.2. The van der Waals surface area contributed by atoms with Crippen LogP contribution in [-0.4, -0.2) is 12.3 Å². The summed E-state index contributed by atoms with van der Waals surface area (Å²) in [4.78, 5) is 14.4. The Hall–Kier alpha value is -2.09. The highest BCUT2D eigenvalue weighted by molar-refractivity contribution is 5.82. The van der Waals surface area contributed by atoms with Crippen LogP contribution in [-0.2, 0) is 4.79 Å². The average Bonchev–Trinajstić information content (AvgIpc) is 2.56. The quantitative estimate of drug-likeness (QED) is 0.816. The molecule has 108 valence electrons. The van der Waals surface area contributed by atoms with Crippen molar-refractivity contribution >= 4 is 17.2 Å². The van der Waals surface area contributed by atoms with Gasteiger partial charge in [-0.15, -0.1) is 0 Å². The number of hydrogen-bond donors (Lipinski definition) is 0. The van der Waals surface area contributed by atoms with Crippen LogP contribution in [0.15, 0.2) is 60.7 Å². The topological polar surface area (TPSA) is 20.3 Å². The van der Waals surface area contributed by atoms with E-state index < -0.39 is 0 Å². The summed E-state index contributed by atoms with van der Waals surface area (Å²) in [6.07, 6.45) is 4.01. The highest BCUT2D eigenvalue weighted by atomic mass is 16.1. The van der Waals surface area contributed by atoms with Crippen molar-refractivity contribution in [1.82, 2.24) is 0 Å². The molecule has 1 fully saturated rings. The van der Waals surface area contributed by atoms with Crippen LogP contribution in [0, 0.1) is 5.92 Å². The number of carbonyl (C=O) groups excluding carboxylic acids is 1. The van der Waals surface area contributed by atoms with Gasteiger partial charge in [-0.25, -0.2) is 0 Å². The van der Waals surface area contributed by atoms with Crippen LogP contribution >= 0.6 is 0 Å². The lowest BCUT2D eigenvalue weighted by atomic mass is 9.87. The standard InChI is InChI=1S/C19H21NO/c21-19-14-8-7-9-16(19)15-20(17-10-3-1-4-11-17)18-12-5-2-6-13-18/h1-6,10-13,16H,7-9,14-15H2. The fourth-order valence-corrected chi connectivity index (χ4v) is 3.04. The smallest absolute Gasteiger partial charge is 0.137 e. The minimum absolute atomic E-state index is 0.166. The van der Waals surface area contributed by atoms with Crippen LogP contribution in [0.4, 0.5) is 11.4 Å². The molecule has 0 amide bonds. The molecule has 2 nitrogen and oxygen atoms in total. The molecule has 0 saturated heterocycles. The van der Waals surface area contributed by atoms with Crippen molar-refractivity contribution < 1.29 is 4.79 Å². The molecule has 0 spiro atoms. The molecular formula is C19H21NO. The first-order valence-corrected chi connectivity index (χ1v) is 7.75. The molecule has 0 aliphatic heterocycles. The van der Waals surface area contributed by atoms with Crippen LogP contribution in [0.2, 0.25) is 0 Å². The van der Waals surface area contributed by atoms with Crippen molar-refractivity contribution in [2.45, 2.75) is 25.7 Å². The normalized spacial score (nSPS) is 18.5. The lowest BCUT2D eigenvalue weighted by Gasteiger charge is -2.30. The largest absolute Gasteiger partial charge is 0.341 e. The summed E-state index contributed by atoms with van der Waals surface area (Å²) in [6.45, 7) is 0.785. The number of anilines is 2. The fraction of sp³-hybridized carbons (Fsp3) is 0.316. The number of ketones is 1. The van der Waals surface area contributed by atoms with Gasteiger partial charge in [-0.3, -0.25) is 4.79 Å². The second-order valence-corrected chi connectivity index (χ2v) is 5.69. The van der Waals surface area contributed by atoms with Gasteiger partial charge in [0.25, 0.3) is 0 Å². The minimum atomic E-state index is 0.166. The predicted octanol–water partition coefficient (Wildman–Crippen LogP) is 4.58. The zero-order valence-electron chi connectivity index (χ0n) is 12.2. The predicted molar refractivity (Wildman–Crippen MR) is 86.9 cm³/mol. The molecular weight excluding hydrogens is 258 g/mol. The Bertz CT molecular complexity index is 540. The molecule has 1 aliphatic carbocycles. The first kappa shape index (κ1) is 13.9. The van der Waals surface area contributed by atoms with Gasteiger partial charge >= 0.3 is 0 Å². The van der Waals surface area contributed by atoms with E-state index in [2.05, 4.69) is 29.2 Å². The summed E-state index contributed by atoms with van der Waals surface area (Å²) in [5, 5.41) is 0. The minimum Gasteiger partial charge on any atom is -0.341 e. The fourth-order valence-electron chi connectivity index (χ4n) is 3.04. The molecule has 0 N–H and O–H groups in total. The maximum Gasteiger partial charge on any atom is 0.137 e. The highest BCUT2D eigenvalue weighted by Gasteiger charge is 2.25. The van der Waals surface area contributed by atoms with Gasteiger partial charge in [0.15, 0.2) is 0 Å². The van der Waals surface area contributed by atoms with Crippen molar-refractivity contribution in [2.75, 3.05) is 11.4 Å². The molecule has 1 saturated carbocycles. The first-order valence-electron chi connectivity index (χ1n) is 7.75. The van der Waals surface area contributed by atoms with Gasteiger partial charge in [0.2, 0.25) is 0 Å². The summed E-state index contributed by atoms with van der Waals surface area (Å²) < 4.78 is 0. The lowest BCUT2D eigenvalue weighted by Crippen LogP contribution is -2.32. The number of hydrogen-bond acceptors (Lipinski definition) is 2. The highest BCUT2D eigenvalue weighted by Crippen LogP contribution is 2.29. The molecule has 3 rings (SSSR count). The molecule has 2 aromatic rings. The van der Waals surface area contributed by atoms with Gasteiger partial charge in [0, 0.05) is 30.3 Å². The molecule has 0 bridgehead atoms. The third-order valence-electron chi connectivity index (χ3n) is 4.22. The van der Waals surface area contributed by atoms with Crippen molar-refractivity contribution in [2.24, 2.45) is 5.92 Å². The van der Waals surface area contributed by atoms with Crippen LogP contribution in [0.3, 0.4) is 0 Å². The van der Waals surface area contributed by atoms with Gasteiger partial charge < -0.3 is 4.90 Å². The molecule has 2 aromatic carbocycles. The maximum absolute atomic E-state index is 12.2. The molecule has 0 aromatic heterocycles. The van der Waals surface area contributed by atoms with Crippen molar-refractivity contribution in [3.63, 3.8) is 0 Å². The number of carbonyl (C=O) groups is 1. The van der Waals surface area contributed by atoms with E-state index in [0.29, 0.717) is 5.78 Å². The molecule has 0 heterocycles. The number of nitrogens with zero attached hydrogens (tertiary/aromatic N) is 1. The Morgan fingerprint density at radius 1 is 0.857 bits per heavy atom. The van der Waals surface area contributed by atoms with E-state index in [4.69, 9.17) is 0 Å². The van der Waals surface area contributed by atoms with E-state index in [1.807, 2.05) is 36.4 Å². The van der Waals surface area contributed by atoms with Gasteiger partial charge in [-0.05, 0) is 37.1 Å². The average molecular weight is 279 g/mol. The Morgan fingerprint density at radius 3 is 1.95 bits per heavy atom. The first-order chi connectivity index (χ1) is 10.3. The number of benzene rings is 2. The van der Waals surface area contributed by atoms with Crippen LogP contribution in [0.1, 0.15) is 25.7 Å². The van der Waals surface area contributed by atoms with Crippen LogP contribution in [0.25, 0.3) is 0 Å².